The van der Waals surface area contributed by atoms with Gasteiger partial charge in [-0.15, -0.1) is 11.3 Å². The van der Waals surface area contributed by atoms with Gasteiger partial charge in [0.2, 0.25) is 0 Å². The third-order valence-electron chi connectivity index (χ3n) is 4.70. The predicted octanol–water partition coefficient (Wildman–Crippen LogP) is 5.86. The zero-order chi connectivity index (χ0) is 22.7. The zero-order valence-corrected chi connectivity index (χ0v) is 17.7. The Morgan fingerprint density at radius 3 is 2.53 bits per heavy atom. The molecule has 32 heavy (non-hydrogen) atoms. The summed E-state index contributed by atoms with van der Waals surface area (Å²) >= 11 is 1.32. The summed E-state index contributed by atoms with van der Waals surface area (Å²) in [4.78, 5) is 16.4. The van der Waals surface area contributed by atoms with Gasteiger partial charge < -0.3 is 14.6 Å². The van der Waals surface area contributed by atoms with Gasteiger partial charge in [0, 0.05) is 5.56 Å². The molecule has 0 fully saturated rings. The van der Waals surface area contributed by atoms with Gasteiger partial charge in [-0.1, -0.05) is 12.1 Å². The number of aldehydes is 1. The lowest BCUT2D eigenvalue weighted by Gasteiger charge is -2.07. The number of halogens is 2. The van der Waals surface area contributed by atoms with Crippen LogP contribution in [0.2, 0.25) is 0 Å². The van der Waals surface area contributed by atoms with E-state index in [4.69, 9.17) is 9.47 Å². The van der Waals surface area contributed by atoms with Crippen molar-refractivity contribution in [3.63, 3.8) is 0 Å². The van der Waals surface area contributed by atoms with Crippen LogP contribution in [0.1, 0.15) is 15.4 Å². The Morgan fingerprint density at radius 2 is 1.84 bits per heavy atom. The van der Waals surface area contributed by atoms with Crippen LogP contribution < -0.4 is 9.47 Å². The second kappa shape index (κ2) is 9.15. The minimum Gasteiger partial charge on any atom is -0.508 e. The molecule has 5 nitrogen and oxygen atoms in total. The maximum atomic E-state index is 14.3. The monoisotopic (exact) mass is 453 g/mol. The number of carbonyl (C=O) groups is 1. The van der Waals surface area contributed by atoms with E-state index in [0.29, 0.717) is 16.5 Å². The highest BCUT2D eigenvalue weighted by Crippen LogP contribution is 2.39. The molecule has 0 spiro atoms. The van der Waals surface area contributed by atoms with E-state index in [0.717, 1.165) is 28.1 Å². The van der Waals surface area contributed by atoms with E-state index < -0.39 is 17.2 Å². The molecular formula is C24H17F2NO4S. The maximum absolute atomic E-state index is 14.3. The fourth-order valence-electron chi connectivity index (χ4n) is 3.12. The minimum absolute atomic E-state index is 0.0898. The average molecular weight is 453 g/mol. The zero-order valence-electron chi connectivity index (χ0n) is 16.8. The molecule has 0 aliphatic carbocycles. The second-order valence-electron chi connectivity index (χ2n) is 6.74. The van der Waals surface area contributed by atoms with Crippen molar-refractivity contribution in [3.05, 3.63) is 82.9 Å². The Hall–Kier alpha value is -3.78. The number of aromatic hydroxyl groups is 1. The van der Waals surface area contributed by atoms with Crippen LogP contribution >= 0.6 is 11.3 Å². The first-order valence-electron chi connectivity index (χ1n) is 9.49. The molecule has 1 heterocycles. The van der Waals surface area contributed by atoms with E-state index in [1.165, 1.54) is 11.3 Å². The van der Waals surface area contributed by atoms with Crippen molar-refractivity contribution in [2.24, 2.45) is 0 Å². The van der Waals surface area contributed by atoms with E-state index in [9.17, 15) is 18.7 Å². The van der Waals surface area contributed by atoms with Gasteiger partial charge >= 0.3 is 0 Å². The van der Waals surface area contributed by atoms with Crippen LogP contribution in [-0.4, -0.2) is 23.5 Å². The number of phenolic OH excluding ortho intramolecular Hbond substituents is 1. The number of benzene rings is 3. The minimum atomic E-state index is -1.06. The molecule has 0 saturated carbocycles. The number of ether oxygens (including phenoxy) is 2. The van der Waals surface area contributed by atoms with Gasteiger partial charge in [0.15, 0.2) is 17.9 Å². The van der Waals surface area contributed by atoms with Gasteiger partial charge in [-0.05, 0) is 54.1 Å². The molecule has 0 aliphatic rings. The third kappa shape index (κ3) is 4.31. The van der Waals surface area contributed by atoms with Gasteiger partial charge in [-0.25, -0.2) is 13.8 Å². The number of carbonyl (C=O) groups excluding carboxylic acids is 1. The van der Waals surface area contributed by atoms with E-state index >= 15 is 0 Å². The van der Waals surface area contributed by atoms with Crippen molar-refractivity contribution in [3.8, 4) is 38.9 Å². The fraction of sp³-hybridized carbons (Fsp3) is 0.0833. The van der Waals surface area contributed by atoms with Crippen molar-refractivity contribution in [2.45, 2.75) is 6.61 Å². The van der Waals surface area contributed by atoms with E-state index in [2.05, 4.69) is 4.98 Å². The lowest BCUT2D eigenvalue weighted by Crippen LogP contribution is -2.01. The van der Waals surface area contributed by atoms with Crippen LogP contribution in [0.3, 0.4) is 0 Å². The summed E-state index contributed by atoms with van der Waals surface area (Å²) in [6.07, 6.45) is 0.114. The molecule has 3 aromatic carbocycles. The molecule has 0 radical (unpaired) electrons. The number of methoxy groups -OCH3 is 1. The Morgan fingerprint density at radius 1 is 1.06 bits per heavy atom. The van der Waals surface area contributed by atoms with Crippen molar-refractivity contribution < 1.29 is 28.2 Å². The van der Waals surface area contributed by atoms with Crippen LogP contribution in [0.5, 0.6) is 17.2 Å². The topological polar surface area (TPSA) is 68.7 Å². The van der Waals surface area contributed by atoms with Crippen LogP contribution in [0, 0.1) is 11.6 Å². The molecule has 0 bridgehead atoms. The van der Waals surface area contributed by atoms with Gasteiger partial charge in [0.05, 0.1) is 23.2 Å². The summed E-state index contributed by atoms with van der Waals surface area (Å²) in [5.74, 6) is -1.44. The van der Waals surface area contributed by atoms with Crippen LogP contribution in [0.25, 0.3) is 21.7 Å². The average Bonchev–Trinajstić information content (AvgIpc) is 3.23. The molecule has 1 aromatic heterocycles. The van der Waals surface area contributed by atoms with E-state index in [1.54, 1.807) is 25.3 Å². The predicted molar refractivity (Wildman–Crippen MR) is 117 cm³/mol. The summed E-state index contributed by atoms with van der Waals surface area (Å²) in [6.45, 7) is -0.0898. The quantitative estimate of drug-likeness (QED) is 0.355. The summed E-state index contributed by atoms with van der Waals surface area (Å²) in [6, 6.07) is 16.2. The molecule has 162 valence electrons. The molecule has 0 unspecified atom stereocenters. The largest absolute Gasteiger partial charge is 0.508 e. The number of nitrogens with zero attached hydrogens (tertiary/aromatic N) is 1. The molecule has 1 N–H and O–H groups in total. The molecule has 0 saturated heterocycles. The molecular weight excluding hydrogens is 436 g/mol. The number of aromatic nitrogens is 1. The molecule has 0 amide bonds. The first kappa shape index (κ1) is 21.5. The highest BCUT2D eigenvalue weighted by Gasteiger charge is 2.18. The molecule has 4 rings (SSSR count). The molecule has 8 heteroatoms. The number of hydrogen-bond donors (Lipinski definition) is 1. The smallest absolute Gasteiger partial charge is 0.178 e. The maximum Gasteiger partial charge on any atom is 0.178 e. The van der Waals surface area contributed by atoms with Crippen molar-refractivity contribution in [1.29, 1.82) is 0 Å². The third-order valence-corrected chi connectivity index (χ3v) is 5.78. The number of phenols is 1. The first-order chi connectivity index (χ1) is 15.5. The summed E-state index contributed by atoms with van der Waals surface area (Å²) < 4.78 is 38.6. The SMILES string of the molecule is COc1ccc(-c2nc(COc3ccc(F)c(C=O)c3F)sc2-c2cccc(O)c2)cc1. The Balaban J connectivity index is 1.70. The summed E-state index contributed by atoms with van der Waals surface area (Å²) in [5, 5.41) is 10.4. The fourth-order valence-corrected chi connectivity index (χ4v) is 4.12. The van der Waals surface area contributed by atoms with E-state index in [-0.39, 0.29) is 24.4 Å². The summed E-state index contributed by atoms with van der Waals surface area (Å²) in [7, 11) is 1.58. The highest BCUT2D eigenvalue weighted by atomic mass is 32.1. The van der Waals surface area contributed by atoms with Crippen LogP contribution in [0.4, 0.5) is 8.78 Å². The Bertz CT molecular complexity index is 1270. The molecule has 4 aromatic rings. The first-order valence-corrected chi connectivity index (χ1v) is 10.3. The molecule has 0 atom stereocenters. The van der Waals surface area contributed by atoms with Crippen molar-refractivity contribution >= 4 is 17.6 Å². The van der Waals surface area contributed by atoms with Crippen LogP contribution in [0.15, 0.2) is 60.7 Å². The lowest BCUT2D eigenvalue weighted by atomic mass is 10.1. The van der Waals surface area contributed by atoms with Crippen LogP contribution in [-0.2, 0) is 6.61 Å². The van der Waals surface area contributed by atoms with Crippen molar-refractivity contribution in [1.82, 2.24) is 4.98 Å². The Labute approximate surface area is 186 Å². The number of hydrogen-bond acceptors (Lipinski definition) is 6. The highest BCUT2D eigenvalue weighted by molar-refractivity contribution is 7.15. The summed E-state index contributed by atoms with van der Waals surface area (Å²) in [5.41, 5.74) is 1.56. The van der Waals surface area contributed by atoms with E-state index in [1.807, 2.05) is 30.3 Å². The van der Waals surface area contributed by atoms with Crippen molar-refractivity contribution in [2.75, 3.05) is 7.11 Å². The van der Waals surface area contributed by atoms with Gasteiger partial charge in [-0.2, -0.15) is 0 Å². The van der Waals surface area contributed by atoms with Gasteiger partial charge in [-0.3, -0.25) is 4.79 Å². The lowest BCUT2D eigenvalue weighted by molar-refractivity contribution is 0.111. The Kier molecular flexibility index (Phi) is 6.13. The number of thiazole rings is 1. The second-order valence-corrected chi connectivity index (χ2v) is 7.83. The normalized spacial score (nSPS) is 10.7. The number of rotatable bonds is 7. The van der Waals surface area contributed by atoms with Gasteiger partial charge in [0.25, 0.3) is 0 Å². The van der Waals surface area contributed by atoms with Gasteiger partial charge in [0.1, 0.15) is 28.9 Å². The molecule has 0 aliphatic heterocycles. The standard InChI is InChI=1S/C24H17F2NO4S/c1-30-17-7-5-14(6-8-17)23-24(15-3-2-4-16(29)11-15)32-21(27-23)13-31-20-10-9-19(25)18(12-28)22(20)26/h2-12,29H,13H2,1H3.